The highest BCUT2D eigenvalue weighted by atomic mass is 28.3. The second kappa shape index (κ2) is 7.87. The number of ether oxygens (including phenoxy) is 1. The molecular formula is C25H24N6OSi. The van der Waals surface area contributed by atoms with Crippen LogP contribution < -0.4 is 4.74 Å². The number of nitrogens with zero attached hydrogens (tertiary/aromatic N) is 6. The largest absolute Gasteiger partial charge is 0.457 e. The Morgan fingerprint density at radius 2 is 1.67 bits per heavy atom. The molecule has 8 aromatic rings. The van der Waals surface area contributed by atoms with Gasteiger partial charge in [-0.3, -0.25) is 0 Å². The fourth-order valence-corrected chi connectivity index (χ4v) is 4.05. The first-order valence-corrected chi connectivity index (χ1v) is 14.2. The van der Waals surface area contributed by atoms with Gasteiger partial charge in [0.25, 0.3) is 0 Å². The van der Waals surface area contributed by atoms with Crippen LogP contribution in [0.1, 0.15) is 11.1 Å². The van der Waals surface area contributed by atoms with Gasteiger partial charge in [0.1, 0.15) is 30.6 Å². The molecule has 33 heavy (non-hydrogen) atoms. The van der Waals surface area contributed by atoms with Crippen molar-refractivity contribution in [3.05, 3.63) is 65.7 Å². The number of hydrogen-bond donors (Lipinski definition) is 0. The number of hydrogen-bond acceptors (Lipinski definition) is 5. The van der Waals surface area contributed by atoms with Crippen LogP contribution in [-0.2, 0) is 7.05 Å². The third-order valence-electron chi connectivity index (χ3n) is 5.25. The van der Waals surface area contributed by atoms with Gasteiger partial charge in [-0.1, -0.05) is 42.1 Å². The van der Waals surface area contributed by atoms with Crippen molar-refractivity contribution in [2.24, 2.45) is 7.05 Å². The second-order valence-corrected chi connectivity index (χ2v) is 13.8. The van der Waals surface area contributed by atoms with E-state index in [2.05, 4.69) is 57.8 Å². The van der Waals surface area contributed by atoms with Crippen LogP contribution in [0.5, 0.6) is 11.5 Å². The molecule has 0 saturated heterocycles. The molecule has 0 N–H and O–H groups in total. The van der Waals surface area contributed by atoms with Crippen LogP contribution in [0.15, 0.2) is 54.6 Å². The molecule has 7 nitrogen and oxygen atoms in total. The summed E-state index contributed by atoms with van der Waals surface area (Å²) in [6, 6.07) is 17.9. The van der Waals surface area contributed by atoms with Crippen molar-refractivity contribution in [2.75, 3.05) is 0 Å². The average Bonchev–Trinajstić information content (AvgIpc) is 3.52. The molecule has 8 rings (SSSR count). The minimum atomic E-state index is -1.36. The zero-order valence-electron chi connectivity index (χ0n) is 19.3. The van der Waals surface area contributed by atoms with E-state index in [0.29, 0.717) is 0 Å². The standard InChI is InChI=1S/C19H21N3OSi.C6H3N3/c1-14-12-15(10-11-24(3,4)5)6-9-19(14)23-16-7-8-17-18(13-16)22(2)21-20-17;1-2-4-6-5(3-1)9(4)8-7-6/h6-9,12-13H,1-5H3;1-3H. The highest BCUT2D eigenvalue weighted by molar-refractivity contribution is 6.83. The minimum absolute atomic E-state index is 0.775. The van der Waals surface area contributed by atoms with Gasteiger partial charge in [0.05, 0.1) is 16.6 Å². The molecule has 0 unspecified atom stereocenters. The maximum atomic E-state index is 6.03. The molecule has 0 fully saturated rings. The zero-order valence-corrected chi connectivity index (χ0v) is 20.3. The number of aryl methyl sites for hydroxylation is 2. The molecule has 0 spiro atoms. The highest BCUT2D eigenvalue weighted by Gasteiger charge is 2.13. The Morgan fingerprint density at radius 1 is 0.879 bits per heavy atom. The fraction of sp³-hybridized carbons (Fsp3) is 0.200. The summed E-state index contributed by atoms with van der Waals surface area (Å²) < 4.78 is 9.62. The first-order chi connectivity index (χ1) is 15.8. The summed E-state index contributed by atoms with van der Waals surface area (Å²) >= 11 is 0. The lowest BCUT2D eigenvalue weighted by molar-refractivity contribution is 0.479. The number of benzene rings is 3. The lowest BCUT2D eigenvalue weighted by Gasteiger charge is -2.09. The van der Waals surface area contributed by atoms with Gasteiger partial charge >= 0.3 is 0 Å². The lowest BCUT2D eigenvalue weighted by Crippen LogP contribution is -2.16. The third kappa shape index (κ3) is 4.11. The maximum absolute atomic E-state index is 6.03. The lowest BCUT2D eigenvalue weighted by atomic mass is 10.1. The molecule has 4 bridgehead atoms. The van der Waals surface area contributed by atoms with Crippen molar-refractivity contribution in [3.63, 3.8) is 0 Å². The van der Waals surface area contributed by atoms with Crippen LogP contribution >= 0.6 is 0 Å². The molecule has 0 atom stereocenters. The van der Waals surface area contributed by atoms with Crippen molar-refractivity contribution in [2.45, 2.75) is 26.6 Å². The Morgan fingerprint density at radius 3 is 2.30 bits per heavy atom. The summed E-state index contributed by atoms with van der Waals surface area (Å²) in [7, 11) is 0.508. The monoisotopic (exact) mass is 452 g/mol. The van der Waals surface area contributed by atoms with E-state index < -0.39 is 8.07 Å². The van der Waals surface area contributed by atoms with Crippen LogP contribution in [-0.4, -0.2) is 37.9 Å². The third-order valence-corrected chi connectivity index (χ3v) is 6.13. The highest BCUT2D eigenvalue weighted by Crippen LogP contribution is 2.28. The number of pyridine rings is 1. The van der Waals surface area contributed by atoms with Crippen LogP contribution in [0.3, 0.4) is 0 Å². The fourth-order valence-electron chi connectivity index (χ4n) is 3.53. The SMILES string of the molecule is Cc1cc(C#C[Si](C)(C)C)ccc1Oc1ccc2nnn(C)c2c1.c1cc2c3nnn2c3c1. The Balaban J connectivity index is 0.000000206. The van der Waals surface area contributed by atoms with E-state index in [-0.39, 0.29) is 0 Å². The Hall–Kier alpha value is -3.96. The Labute approximate surface area is 192 Å². The molecule has 0 aliphatic carbocycles. The van der Waals surface area contributed by atoms with Crippen molar-refractivity contribution in [1.29, 1.82) is 0 Å². The second-order valence-electron chi connectivity index (χ2n) is 9.09. The van der Waals surface area contributed by atoms with Crippen LogP contribution in [0.2, 0.25) is 19.6 Å². The summed E-state index contributed by atoms with van der Waals surface area (Å²) in [5.74, 6) is 4.89. The topological polar surface area (TPSA) is 70.1 Å². The molecule has 0 aliphatic rings. The molecule has 0 amide bonds. The van der Waals surface area contributed by atoms with E-state index in [0.717, 1.165) is 50.2 Å². The molecule has 3 aromatic carbocycles. The molecule has 0 saturated carbocycles. The van der Waals surface area contributed by atoms with E-state index in [1.165, 1.54) is 0 Å². The van der Waals surface area contributed by atoms with Crippen LogP contribution in [0, 0.1) is 18.4 Å². The molecule has 0 radical (unpaired) electrons. The van der Waals surface area contributed by atoms with E-state index in [1.54, 1.807) is 4.68 Å². The van der Waals surface area contributed by atoms with Gasteiger partial charge in [0.15, 0.2) is 0 Å². The average molecular weight is 453 g/mol. The van der Waals surface area contributed by atoms with Crippen molar-refractivity contribution in [3.8, 4) is 23.0 Å². The Bertz CT molecular complexity index is 1550. The summed E-state index contributed by atoms with van der Waals surface area (Å²) in [6.45, 7) is 8.77. The van der Waals surface area contributed by atoms with E-state index in [9.17, 15) is 0 Å². The summed E-state index contributed by atoms with van der Waals surface area (Å²) in [4.78, 5) is 0. The molecule has 0 aliphatic heterocycles. The first-order valence-electron chi connectivity index (χ1n) is 10.7. The zero-order chi connectivity index (χ0) is 23.2. The quantitative estimate of drug-likeness (QED) is 0.271. The summed E-state index contributed by atoms with van der Waals surface area (Å²) in [5, 5.41) is 15.9. The minimum Gasteiger partial charge on any atom is -0.457 e. The number of fused-ring (bicyclic) bond motifs is 4. The summed E-state index contributed by atoms with van der Waals surface area (Å²) in [5.41, 5.74) is 10.6. The van der Waals surface area contributed by atoms with Crippen LogP contribution in [0.25, 0.3) is 27.6 Å². The molecule has 8 heteroatoms. The van der Waals surface area contributed by atoms with E-state index >= 15 is 0 Å². The van der Waals surface area contributed by atoms with Crippen LogP contribution in [0.4, 0.5) is 0 Å². The van der Waals surface area contributed by atoms with Gasteiger partial charge < -0.3 is 4.74 Å². The molecule has 164 valence electrons. The normalized spacial score (nSPS) is 11.5. The molecule has 5 aromatic heterocycles. The van der Waals surface area contributed by atoms with Crippen molar-refractivity contribution >= 4 is 35.7 Å². The van der Waals surface area contributed by atoms with Crippen molar-refractivity contribution < 1.29 is 4.74 Å². The summed E-state index contributed by atoms with van der Waals surface area (Å²) in [6.07, 6.45) is 0. The van der Waals surface area contributed by atoms with Gasteiger partial charge in [-0.25, -0.2) is 9.20 Å². The predicted molar refractivity (Wildman–Crippen MR) is 133 cm³/mol. The predicted octanol–water partition coefficient (Wildman–Crippen LogP) is 5.06. The van der Waals surface area contributed by atoms with Gasteiger partial charge in [-0.15, -0.1) is 15.7 Å². The number of aromatic nitrogens is 6. The van der Waals surface area contributed by atoms with Gasteiger partial charge in [0, 0.05) is 18.7 Å². The first kappa shape index (κ1) is 20.9. The molecular weight excluding hydrogens is 428 g/mol. The smallest absolute Gasteiger partial charge is 0.139 e. The number of rotatable bonds is 2. The molecule has 5 heterocycles. The van der Waals surface area contributed by atoms with Crippen molar-refractivity contribution in [1.82, 2.24) is 29.8 Å². The Kier molecular flexibility index (Phi) is 4.99. The van der Waals surface area contributed by atoms with E-state index in [1.807, 2.05) is 67.0 Å². The van der Waals surface area contributed by atoms with E-state index in [4.69, 9.17) is 4.74 Å². The van der Waals surface area contributed by atoms with Gasteiger partial charge in [-0.05, 0) is 55.0 Å². The van der Waals surface area contributed by atoms with Gasteiger partial charge in [0.2, 0.25) is 0 Å². The maximum Gasteiger partial charge on any atom is 0.139 e. The van der Waals surface area contributed by atoms with Gasteiger partial charge in [-0.2, -0.15) is 0 Å².